The van der Waals surface area contributed by atoms with Crippen molar-refractivity contribution < 1.29 is 9.47 Å². The molecule has 21 heavy (non-hydrogen) atoms. The highest BCUT2D eigenvalue weighted by atomic mass is 16.5. The van der Waals surface area contributed by atoms with Crippen molar-refractivity contribution in [2.75, 3.05) is 27.4 Å². The van der Waals surface area contributed by atoms with Gasteiger partial charge in [0.2, 0.25) is 0 Å². The van der Waals surface area contributed by atoms with E-state index >= 15 is 0 Å². The number of hydrogen-bond donors (Lipinski definition) is 1. The third-order valence-corrected chi connectivity index (χ3v) is 3.44. The van der Waals surface area contributed by atoms with Gasteiger partial charge in [0.15, 0.2) is 0 Å². The van der Waals surface area contributed by atoms with E-state index in [2.05, 4.69) is 23.3 Å². The quantitative estimate of drug-likeness (QED) is 0.795. The predicted octanol–water partition coefficient (Wildman–Crippen LogP) is 2.72. The molecule has 0 amide bonds. The van der Waals surface area contributed by atoms with Gasteiger partial charge in [-0.2, -0.15) is 0 Å². The van der Waals surface area contributed by atoms with Crippen molar-refractivity contribution in [3.63, 3.8) is 0 Å². The third kappa shape index (κ3) is 3.80. The van der Waals surface area contributed by atoms with Crippen LogP contribution in [0.15, 0.2) is 42.7 Å². The molecule has 1 N–H and O–H groups in total. The summed E-state index contributed by atoms with van der Waals surface area (Å²) in [7, 11) is 3.63. The van der Waals surface area contributed by atoms with Gasteiger partial charge in [0, 0.05) is 25.1 Å². The predicted molar refractivity (Wildman–Crippen MR) is 83.7 cm³/mol. The number of aryl methyl sites for hydroxylation is 1. The fraction of sp³-hybridized carbons (Fsp3) is 0.353. The largest absolute Gasteiger partial charge is 0.491 e. The van der Waals surface area contributed by atoms with Gasteiger partial charge in [0.25, 0.3) is 0 Å². The molecular formula is C17H22N2O2. The smallest absolute Gasteiger partial charge is 0.124 e. The van der Waals surface area contributed by atoms with Crippen LogP contribution in [0.2, 0.25) is 0 Å². The zero-order chi connectivity index (χ0) is 15.1. The minimum atomic E-state index is 0.0757. The first-order chi connectivity index (χ1) is 10.3. The normalized spacial score (nSPS) is 12.1. The lowest BCUT2D eigenvalue weighted by Gasteiger charge is -2.22. The molecule has 1 atom stereocenters. The Hall–Kier alpha value is -1.91. The van der Waals surface area contributed by atoms with Crippen LogP contribution >= 0.6 is 0 Å². The van der Waals surface area contributed by atoms with Crippen molar-refractivity contribution in [3.05, 3.63) is 59.4 Å². The molecule has 112 valence electrons. The van der Waals surface area contributed by atoms with E-state index in [4.69, 9.17) is 9.47 Å². The molecule has 4 heteroatoms. The van der Waals surface area contributed by atoms with Gasteiger partial charge in [-0.1, -0.05) is 18.2 Å². The highest BCUT2D eigenvalue weighted by molar-refractivity contribution is 5.43. The number of hydrogen-bond acceptors (Lipinski definition) is 4. The van der Waals surface area contributed by atoms with E-state index in [9.17, 15) is 0 Å². The van der Waals surface area contributed by atoms with Gasteiger partial charge in [-0.05, 0) is 37.2 Å². The van der Waals surface area contributed by atoms with Crippen LogP contribution in [0.3, 0.4) is 0 Å². The molecule has 2 rings (SSSR count). The molecule has 1 aromatic carbocycles. The van der Waals surface area contributed by atoms with Crippen LogP contribution in [0.1, 0.15) is 22.7 Å². The number of rotatable bonds is 7. The molecule has 1 heterocycles. The number of benzene rings is 1. The van der Waals surface area contributed by atoms with Crippen molar-refractivity contribution in [2.24, 2.45) is 0 Å². The number of nitrogens with one attached hydrogen (secondary N) is 1. The molecule has 0 aliphatic heterocycles. The van der Waals surface area contributed by atoms with E-state index in [-0.39, 0.29) is 6.04 Å². The Morgan fingerprint density at radius 2 is 1.95 bits per heavy atom. The summed E-state index contributed by atoms with van der Waals surface area (Å²) in [5.74, 6) is 0.880. The molecule has 0 saturated carbocycles. The number of pyridine rings is 1. The standard InChI is InChI=1S/C17H22N2O2/c1-13-12-19-9-8-14(13)17(18-2)15-6-4-5-7-16(15)21-11-10-20-3/h4-9,12,17-18H,10-11H2,1-3H3. The molecule has 0 aliphatic carbocycles. The highest BCUT2D eigenvalue weighted by Crippen LogP contribution is 2.31. The van der Waals surface area contributed by atoms with Crippen LogP contribution in [0.4, 0.5) is 0 Å². The number of nitrogens with zero attached hydrogens (tertiary/aromatic N) is 1. The summed E-state index contributed by atoms with van der Waals surface area (Å²) in [6.45, 7) is 3.19. The summed E-state index contributed by atoms with van der Waals surface area (Å²) in [4.78, 5) is 4.16. The maximum absolute atomic E-state index is 5.84. The molecule has 4 nitrogen and oxygen atoms in total. The zero-order valence-corrected chi connectivity index (χ0v) is 12.8. The first kappa shape index (κ1) is 15.5. The van der Waals surface area contributed by atoms with Gasteiger partial charge in [-0.15, -0.1) is 0 Å². The Kier molecular flexibility index (Phi) is 5.72. The topological polar surface area (TPSA) is 43.4 Å². The van der Waals surface area contributed by atoms with E-state index in [1.54, 1.807) is 7.11 Å². The number of methoxy groups -OCH3 is 1. The average Bonchev–Trinajstić information content (AvgIpc) is 2.51. The van der Waals surface area contributed by atoms with E-state index in [0.717, 1.165) is 16.9 Å². The van der Waals surface area contributed by atoms with E-state index in [1.165, 1.54) is 5.56 Å². The van der Waals surface area contributed by atoms with Crippen LogP contribution in [0.5, 0.6) is 5.75 Å². The summed E-state index contributed by atoms with van der Waals surface area (Å²) in [5, 5.41) is 3.37. The molecule has 1 unspecified atom stereocenters. The molecule has 1 aromatic heterocycles. The average molecular weight is 286 g/mol. The van der Waals surface area contributed by atoms with E-state index in [1.807, 2.05) is 43.7 Å². The van der Waals surface area contributed by atoms with Gasteiger partial charge in [0.1, 0.15) is 12.4 Å². The molecule has 0 saturated heterocycles. The first-order valence-corrected chi connectivity index (χ1v) is 7.06. The van der Waals surface area contributed by atoms with Crippen LogP contribution in [0.25, 0.3) is 0 Å². The van der Waals surface area contributed by atoms with Crippen LogP contribution < -0.4 is 10.1 Å². The Balaban J connectivity index is 2.32. The van der Waals surface area contributed by atoms with Gasteiger partial charge >= 0.3 is 0 Å². The van der Waals surface area contributed by atoms with Gasteiger partial charge < -0.3 is 14.8 Å². The second-order valence-corrected chi connectivity index (χ2v) is 4.83. The Bertz CT molecular complexity index is 572. The first-order valence-electron chi connectivity index (χ1n) is 7.06. The molecule has 0 fully saturated rings. The maximum Gasteiger partial charge on any atom is 0.124 e. The summed E-state index contributed by atoms with van der Waals surface area (Å²) < 4.78 is 10.9. The fourth-order valence-electron chi connectivity index (χ4n) is 2.37. The van der Waals surface area contributed by atoms with Crippen LogP contribution in [-0.2, 0) is 4.74 Å². The maximum atomic E-state index is 5.84. The van der Waals surface area contributed by atoms with Crippen molar-refractivity contribution in [1.29, 1.82) is 0 Å². The van der Waals surface area contributed by atoms with Crippen molar-refractivity contribution in [1.82, 2.24) is 10.3 Å². The second kappa shape index (κ2) is 7.76. The monoisotopic (exact) mass is 286 g/mol. The molecule has 0 radical (unpaired) electrons. The SMILES string of the molecule is CNC(c1ccncc1C)c1ccccc1OCCOC. The molecule has 0 bridgehead atoms. The van der Waals surface area contributed by atoms with Gasteiger partial charge in [-0.25, -0.2) is 0 Å². The summed E-state index contributed by atoms with van der Waals surface area (Å²) >= 11 is 0. The lowest BCUT2D eigenvalue weighted by atomic mass is 9.96. The van der Waals surface area contributed by atoms with Crippen molar-refractivity contribution >= 4 is 0 Å². The minimum absolute atomic E-state index is 0.0757. The summed E-state index contributed by atoms with van der Waals surface area (Å²) in [5.41, 5.74) is 3.48. The molecule has 0 spiro atoms. The Morgan fingerprint density at radius 1 is 1.14 bits per heavy atom. The Morgan fingerprint density at radius 3 is 2.67 bits per heavy atom. The third-order valence-electron chi connectivity index (χ3n) is 3.44. The lowest BCUT2D eigenvalue weighted by Crippen LogP contribution is -2.20. The number of aromatic nitrogens is 1. The zero-order valence-electron chi connectivity index (χ0n) is 12.8. The molecular weight excluding hydrogens is 264 g/mol. The van der Waals surface area contributed by atoms with Crippen LogP contribution in [0, 0.1) is 6.92 Å². The van der Waals surface area contributed by atoms with Crippen molar-refractivity contribution in [3.8, 4) is 5.75 Å². The van der Waals surface area contributed by atoms with Crippen molar-refractivity contribution in [2.45, 2.75) is 13.0 Å². The van der Waals surface area contributed by atoms with Gasteiger partial charge in [-0.3, -0.25) is 4.98 Å². The number of ether oxygens (including phenoxy) is 2. The lowest BCUT2D eigenvalue weighted by molar-refractivity contribution is 0.145. The van der Waals surface area contributed by atoms with Crippen LogP contribution in [-0.4, -0.2) is 32.4 Å². The second-order valence-electron chi connectivity index (χ2n) is 4.83. The molecule has 0 aliphatic rings. The van der Waals surface area contributed by atoms with Gasteiger partial charge in [0.05, 0.1) is 12.6 Å². The minimum Gasteiger partial charge on any atom is -0.491 e. The highest BCUT2D eigenvalue weighted by Gasteiger charge is 2.18. The van der Waals surface area contributed by atoms with E-state index in [0.29, 0.717) is 13.2 Å². The number of para-hydroxylation sites is 1. The summed E-state index contributed by atoms with van der Waals surface area (Å²) in [6.07, 6.45) is 3.70. The molecule has 2 aromatic rings. The van der Waals surface area contributed by atoms with E-state index < -0.39 is 0 Å². The fourth-order valence-corrected chi connectivity index (χ4v) is 2.37. The summed E-state index contributed by atoms with van der Waals surface area (Å²) in [6, 6.07) is 10.2. The Labute approximate surface area is 126 Å².